The van der Waals surface area contributed by atoms with Crippen LogP contribution in [-0.4, -0.2) is 34.5 Å². The third kappa shape index (κ3) is 4.03. The van der Waals surface area contributed by atoms with Gasteiger partial charge in [-0.05, 0) is 63.5 Å². The highest BCUT2D eigenvalue weighted by atomic mass is 79.9. The number of methoxy groups -OCH3 is 1. The number of hydrogen-bond acceptors (Lipinski definition) is 3. The number of rotatable bonds is 5. The minimum Gasteiger partial charge on any atom is -0.496 e. The van der Waals surface area contributed by atoms with E-state index in [1.807, 2.05) is 18.2 Å². The second-order valence-electron chi connectivity index (χ2n) is 6.16. The van der Waals surface area contributed by atoms with Crippen molar-refractivity contribution in [2.24, 2.45) is 7.05 Å². The van der Waals surface area contributed by atoms with Crippen molar-refractivity contribution >= 4 is 21.8 Å². The Bertz CT molecular complexity index is 970. The fourth-order valence-corrected chi connectivity index (χ4v) is 3.41. The molecule has 7 heteroatoms. The third-order valence-corrected chi connectivity index (χ3v) is 4.92. The van der Waals surface area contributed by atoms with E-state index in [4.69, 9.17) is 4.74 Å². The summed E-state index contributed by atoms with van der Waals surface area (Å²) in [4.78, 5) is 18.7. The van der Waals surface area contributed by atoms with Crippen LogP contribution >= 0.6 is 15.9 Å². The first kappa shape index (κ1) is 19.1. The highest BCUT2D eigenvalue weighted by Gasteiger charge is 2.19. The van der Waals surface area contributed by atoms with Gasteiger partial charge < -0.3 is 14.2 Å². The smallest absolute Gasteiger partial charge is 0.289 e. The first-order valence-electron chi connectivity index (χ1n) is 8.26. The SMILES string of the molecule is COc1ccc(CN(C)C(=O)c2ncc(-c3ccc(F)cc3)n2C)cc1Br. The van der Waals surface area contributed by atoms with Crippen LogP contribution in [0.2, 0.25) is 0 Å². The molecule has 0 saturated carbocycles. The molecule has 0 saturated heterocycles. The third-order valence-electron chi connectivity index (χ3n) is 4.30. The summed E-state index contributed by atoms with van der Waals surface area (Å²) >= 11 is 3.45. The van der Waals surface area contributed by atoms with Gasteiger partial charge in [0.25, 0.3) is 5.91 Å². The predicted molar refractivity (Wildman–Crippen MR) is 105 cm³/mol. The normalized spacial score (nSPS) is 10.7. The largest absolute Gasteiger partial charge is 0.496 e. The molecular weight excluding hydrogens is 413 g/mol. The summed E-state index contributed by atoms with van der Waals surface area (Å²) < 4.78 is 20.9. The van der Waals surface area contributed by atoms with Gasteiger partial charge in [0, 0.05) is 20.6 Å². The number of carbonyl (C=O) groups excluding carboxylic acids is 1. The number of amides is 1. The maximum atomic E-state index is 13.1. The lowest BCUT2D eigenvalue weighted by molar-refractivity contribution is 0.0769. The molecule has 0 N–H and O–H groups in total. The van der Waals surface area contributed by atoms with Crippen molar-refractivity contribution in [3.8, 4) is 17.0 Å². The Labute approximate surface area is 165 Å². The van der Waals surface area contributed by atoms with Crippen molar-refractivity contribution in [2.45, 2.75) is 6.54 Å². The van der Waals surface area contributed by atoms with Crippen LogP contribution in [0, 0.1) is 5.82 Å². The van der Waals surface area contributed by atoms with Crippen LogP contribution in [0.25, 0.3) is 11.3 Å². The predicted octanol–water partition coefficient (Wildman–Crippen LogP) is 4.27. The van der Waals surface area contributed by atoms with E-state index < -0.39 is 0 Å². The lowest BCUT2D eigenvalue weighted by Crippen LogP contribution is -2.28. The molecule has 0 aliphatic carbocycles. The molecule has 1 aromatic heterocycles. The van der Waals surface area contributed by atoms with Crippen molar-refractivity contribution in [3.63, 3.8) is 0 Å². The zero-order valence-electron chi connectivity index (χ0n) is 15.2. The number of halogens is 2. The second kappa shape index (κ2) is 7.92. The molecule has 0 bridgehead atoms. The fourth-order valence-electron chi connectivity index (χ4n) is 2.82. The Morgan fingerprint density at radius 1 is 1.26 bits per heavy atom. The highest BCUT2D eigenvalue weighted by molar-refractivity contribution is 9.10. The number of ether oxygens (including phenoxy) is 1. The summed E-state index contributed by atoms with van der Waals surface area (Å²) in [7, 11) is 5.11. The number of nitrogens with zero attached hydrogens (tertiary/aromatic N) is 3. The molecule has 5 nitrogen and oxygen atoms in total. The molecule has 0 fully saturated rings. The van der Waals surface area contributed by atoms with E-state index in [2.05, 4.69) is 20.9 Å². The van der Waals surface area contributed by atoms with Gasteiger partial charge in [-0.25, -0.2) is 9.37 Å². The number of aromatic nitrogens is 2. The Morgan fingerprint density at radius 2 is 1.96 bits per heavy atom. The summed E-state index contributed by atoms with van der Waals surface area (Å²) in [5, 5.41) is 0. The molecule has 2 aromatic carbocycles. The van der Waals surface area contributed by atoms with Crippen LogP contribution in [0.3, 0.4) is 0 Å². The van der Waals surface area contributed by atoms with Crippen LogP contribution in [-0.2, 0) is 13.6 Å². The Hall–Kier alpha value is -2.67. The molecule has 140 valence electrons. The van der Waals surface area contributed by atoms with Gasteiger partial charge in [0.15, 0.2) is 5.82 Å². The van der Waals surface area contributed by atoms with Crippen LogP contribution < -0.4 is 4.74 Å². The van der Waals surface area contributed by atoms with Crippen LogP contribution in [0.15, 0.2) is 53.1 Å². The molecule has 27 heavy (non-hydrogen) atoms. The lowest BCUT2D eigenvalue weighted by Gasteiger charge is -2.18. The van der Waals surface area contributed by atoms with E-state index in [9.17, 15) is 9.18 Å². The molecule has 0 unspecified atom stereocenters. The number of hydrogen-bond donors (Lipinski definition) is 0. The fraction of sp³-hybridized carbons (Fsp3) is 0.200. The lowest BCUT2D eigenvalue weighted by atomic mass is 10.1. The quantitative estimate of drug-likeness (QED) is 0.605. The van der Waals surface area contributed by atoms with E-state index in [1.54, 1.807) is 49.0 Å². The summed E-state index contributed by atoms with van der Waals surface area (Å²) in [6.07, 6.45) is 1.62. The molecule has 1 heterocycles. The van der Waals surface area contributed by atoms with Gasteiger partial charge >= 0.3 is 0 Å². The zero-order valence-corrected chi connectivity index (χ0v) is 16.8. The van der Waals surface area contributed by atoms with Gasteiger partial charge in [0.1, 0.15) is 11.6 Å². The maximum Gasteiger partial charge on any atom is 0.289 e. The molecule has 0 atom stereocenters. The minimum absolute atomic E-state index is 0.196. The van der Waals surface area contributed by atoms with Crippen molar-refractivity contribution in [1.29, 1.82) is 0 Å². The van der Waals surface area contributed by atoms with Crippen molar-refractivity contribution in [2.75, 3.05) is 14.2 Å². The first-order valence-corrected chi connectivity index (χ1v) is 9.05. The highest BCUT2D eigenvalue weighted by Crippen LogP contribution is 2.26. The maximum absolute atomic E-state index is 13.1. The molecule has 3 aromatic rings. The zero-order chi connectivity index (χ0) is 19.6. The van der Waals surface area contributed by atoms with Crippen LogP contribution in [0.4, 0.5) is 4.39 Å². The number of carbonyl (C=O) groups is 1. The van der Waals surface area contributed by atoms with Crippen molar-refractivity contribution in [3.05, 3.63) is 70.3 Å². The monoisotopic (exact) mass is 431 g/mol. The molecule has 0 spiro atoms. The molecule has 3 rings (SSSR count). The average molecular weight is 432 g/mol. The Kier molecular flexibility index (Phi) is 5.60. The van der Waals surface area contributed by atoms with Gasteiger partial charge in [-0.3, -0.25) is 4.79 Å². The summed E-state index contributed by atoms with van der Waals surface area (Å²) in [6.45, 7) is 0.431. The molecule has 0 aliphatic rings. The molecule has 1 amide bonds. The van der Waals surface area contributed by atoms with Gasteiger partial charge in [-0.15, -0.1) is 0 Å². The second-order valence-corrected chi connectivity index (χ2v) is 7.02. The average Bonchev–Trinajstić information content (AvgIpc) is 3.03. The van der Waals surface area contributed by atoms with E-state index in [0.717, 1.165) is 27.0 Å². The first-order chi connectivity index (χ1) is 12.9. The van der Waals surface area contributed by atoms with E-state index in [1.165, 1.54) is 12.1 Å². The minimum atomic E-state index is -0.303. The van der Waals surface area contributed by atoms with Gasteiger partial charge in [-0.1, -0.05) is 6.07 Å². The summed E-state index contributed by atoms with van der Waals surface area (Å²) in [5.41, 5.74) is 2.51. The van der Waals surface area contributed by atoms with Gasteiger partial charge in [0.05, 0.1) is 23.5 Å². The van der Waals surface area contributed by atoms with Crippen molar-refractivity contribution < 1.29 is 13.9 Å². The molecule has 0 radical (unpaired) electrons. The molecule has 0 aliphatic heterocycles. The topological polar surface area (TPSA) is 47.4 Å². The molecular formula is C20H19BrFN3O2. The van der Waals surface area contributed by atoms with E-state index >= 15 is 0 Å². The van der Waals surface area contributed by atoms with Gasteiger partial charge in [-0.2, -0.15) is 0 Å². The Balaban J connectivity index is 1.79. The number of benzene rings is 2. The van der Waals surface area contributed by atoms with E-state index in [0.29, 0.717) is 12.4 Å². The standard InChI is InChI=1S/C20H19BrFN3O2/c1-24(12-13-4-9-18(27-3)16(21)10-13)20(26)19-23-11-17(25(19)2)14-5-7-15(22)8-6-14/h4-11H,12H2,1-3H3. The number of imidazole rings is 1. The van der Waals surface area contributed by atoms with Gasteiger partial charge in [0.2, 0.25) is 0 Å². The summed E-state index contributed by atoms with van der Waals surface area (Å²) in [5.74, 6) is 0.561. The van der Waals surface area contributed by atoms with E-state index in [-0.39, 0.29) is 11.7 Å². The van der Waals surface area contributed by atoms with Crippen LogP contribution in [0.1, 0.15) is 16.2 Å². The summed E-state index contributed by atoms with van der Waals surface area (Å²) in [6, 6.07) is 11.8. The Morgan fingerprint density at radius 3 is 2.59 bits per heavy atom. The van der Waals surface area contributed by atoms with Crippen molar-refractivity contribution in [1.82, 2.24) is 14.5 Å². The van der Waals surface area contributed by atoms with Crippen LogP contribution in [0.5, 0.6) is 5.75 Å².